The van der Waals surface area contributed by atoms with Crippen molar-refractivity contribution in [3.05, 3.63) is 74.3 Å². The second-order valence-corrected chi connectivity index (χ2v) is 9.75. The van der Waals surface area contributed by atoms with Crippen molar-refractivity contribution in [2.75, 3.05) is 13.1 Å². The first-order valence-corrected chi connectivity index (χ1v) is 11.8. The molecule has 2 aliphatic rings. The van der Waals surface area contributed by atoms with Crippen molar-refractivity contribution in [1.29, 1.82) is 5.26 Å². The fourth-order valence-corrected chi connectivity index (χ4v) is 5.12. The highest BCUT2D eigenvalue weighted by atomic mass is 35.5. The molecule has 1 spiro atoms. The fraction of sp³-hybridized carbons (Fsp3) is 0.400. The van der Waals surface area contributed by atoms with Crippen LogP contribution in [0.4, 0.5) is 5.69 Å². The molecular weight excluding hydrogens is 470 g/mol. The smallest absolute Gasteiger partial charge is 0.270 e. The van der Waals surface area contributed by atoms with Gasteiger partial charge in [-0.1, -0.05) is 37.6 Å². The van der Waals surface area contributed by atoms with Gasteiger partial charge in [0.15, 0.2) is 0 Å². The molecule has 1 N–H and O–H groups in total. The second kappa shape index (κ2) is 9.64. The van der Waals surface area contributed by atoms with E-state index in [0.717, 1.165) is 5.56 Å². The summed E-state index contributed by atoms with van der Waals surface area (Å²) in [6.07, 6.45) is 1.05. The van der Waals surface area contributed by atoms with Crippen molar-refractivity contribution in [3.63, 3.8) is 0 Å². The van der Waals surface area contributed by atoms with E-state index in [2.05, 4.69) is 11.4 Å². The molecule has 2 fully saturated rings. The van der Waals surface area contributed by atoms with Gasteiger partial charge < -0.3 is 9.80 Å². The lowest BCUT2D eigenvalue weighted by Gasteiger charge is -2.45. The Hall–Kier alpha value is -3.48. The number of amides is 2. The lowest BCUT2D eigenvalue weighted by molar-refractivity contribution is -0.384. The number of nitrogens with one attached hydrogen (secondary N) is 1. The summed E-state index contributed by atoms with van der Waals surface area (Å²) in [7, 11) is 0. The van der Waals surface area contributed by atoms with Crippen LogP contribution in [0.1, 0.15) is 48.2 Å². The minimum absolute atomic E-state index is 0.0144. The van der Waals surface area contributed by atoms with Crippen molar-refractivity contribution in [2.24, 2.45) is 5.92 Å². The zero-order valence-electron chi connectivity index (χ0n) is 19.5. The zero-order chi connectivity index (χ0) is 25.3. The summed E-state index contributed by atoms with van der Waals surface area (Å²) in [5.41, 5.74) is 0.851. The summed E-state index contributed by atoms with van der Waals surface area (Å²) in [5.74, 6) is -0.188. The number of nitriles is 1. The molecule has 2 amide bonds. The monoisotopic (exact) mass is 495 g/mol. The van der Waals surface area contributed by atoms with Gasteiger partial charge in [0.05, 0.1) is 38.8 Å². The standard InChI is InChI=1S/C25H26ClN5O4/c1-16(2)22-24(33)30(15-18-5-3-4-17(12-18)14-27)25(28-22)8-10-29(11-9-25)23(32)20-7-6-19(31(34)35)13-21(20)26/h3-7,12-13,16,22,28H,8-11,15H2,1-2H3. The van der Waals surface area contributed by atoms with Crippen LogP contribution >= 0.6 is 11.6 Å². The number of carbonyl (C=O) groups excluding carboxylic acids is 2. The molecule has 2 aromatic rings. The van der Waals surface area contributed by atoms with Crippen molar-refractivity contribution in [3.8, 4) is 6.07 Å². The minimum Gasteiger partial charge on any atom is -0.338 e. The van der Waals surface area contributed by atoms with Crippen LogP contribution in [0.2, 0.25) is 5.02 Å². The highest BCUT2D eigenvalue weighted by Gasteiger charge is 2.52. The number of hydrogen-bond donors (Lipinski definition) is 1. The van der Waals surface area contributed by atoms with Crippen LogP contribution in [-0.4, -0.2) is 51.3 Å². The Balaban J connectivity index is 1.54. The molecule has 4 rings (SSSR count). The maximum absolute atomic E-state index is 13.4. The third kappa shape index (κ3) is 4.72. The number of hydrogen-bond acceptors (Lipinski definition) is 6. The van der Waals surface area contributed by atoms with Gasteiger partial charge in [0.1, 0.15) is 0 Å². The molecule has 182 valence electrons. The van der Waals surface area contributed by atoms with E-state index in [9.17, 15) is 25.0 Å². The summed E-state index contributed by atoms with van der Waals surface area (Å²) in [4.78, 5) is 40.5. The Kier molecular flexibility index (Phi) is 6.79. The van der Waals surface area contributed by atoms with Crippen molar-refractivity contribution < 1.29 is 14.5 Å². The van der Waals surface area contributed by atoms with Crippen LogP contribution in [0.25, 0.3) is 0 Å². The third-order valence-electron chi connectivity index (χ3n) is 6.81. The van der Waals surface area contributed by atoms with Crippen LogP contribution in [0.3, 0.4) is 0 Å². The van der Waals surface area contributed by atoms with Crippen molar-refractivity contribution in [2.45, 2.75) is 44.9 Å². The van der Waals surface area contributed by atoms with Crippen LogP contribution < -0.4 is 5.32 Å². The summed E-state index contributed by atoms with van der Waals surface area (Å²) in [6.45, 7) is 5.15. The van der Waals surface area contributed by atoms with E-state index in [1.54, 1.807) is 17.0 Å². The number of benzene rings is 2. The molecular formula is C25H26ClN5O4. The van der Waals surface area contributed by atoms with E-state index < -0.39 is 10.6 Å². The van der Waals surface area contributed by atoms with Crippen molar-refractivity contribution in [1.82, 2.24) is 15.1 Å². The fourth-order valence-electron chi connectivity index (χ4n) is 4.87. The van der Waals surface area contributed by atoms with Crippen molar-refractivity contribution >= 4 is 29.1 Å². The molecule has 35 heavy (non-hydrogen) atoms. The van der Waals surface area contributed by atoms with Gasteiger partial charge in [0.2, 0.25) is 5.91 Å². The summed E-state index contributed by atoms with van der Waals surface area (Å²) in [5, 5.41) is 23.8. The molecule has 0 aliphatic carbocycles. The van der Waals surface area contributed by atoms with Gasteiger partial charge in [-0.05, 0) is 29.7 Å². The average Bonchev–Trinajstić information content (AvgIpc) is 3.10. The molecule has 0 radical (unpaired) electrons. The molecule has 2 aliphatic heterocycles. The van der Waals surface area contributed by atoms with E-state index in [-0.39, 0.29) is 40.0 Å². The average molecular weight is 496 g/mol. The molecule has 2 aromatic carbocycles. The first kappa shape index (κ1) is 24.6. The molecule has 1 unspecified atom stereocenters. The van der Waals surface area contributed by atoms with Crippen LogP contribution in [-0.2, 0) is 11.3 Å². The predicted molar refractivity (Wildman–Crippen MR) is 129 cm³/mol. The molecule has 9 nitrogen and oxygen atoms in total. The topological polar surface area (TPSA) is 120 Å². The Bertz CT molecular complexity index is 1220. The normalized spacial score (nSPS) is 19.3. The lowest BCUT2D eigenvalue weighted by Crippen LogP contribution is -2.59. The molecule has 0 saturated carbocycles. The van der Waals surface area contributed by atoms with Crippen LogP contribution in [0.5, 0.6) is 0 Å². The Morgan fingerprint density at radius 2 is 2.00 bits per heavy atom. The first-order valence-electron chi connectivity index (χ1n) is 11.5. The van der Waals surface area contributed by atoms with Gasteiger partial charge in [0, 0.05) is 44.6 Å². The summed E-state index contributed by atoms with van der Waals surface area (Å²) >= 11 is 6.18. The number of likely N-dealkylation sites (tertiary alicyclic amines) is 1. The number of rotatable bonds is 5. The molecule has 2 saturated heterocycles. The highest BCUT2D eigenvalue weighted by Crippen LogP contribution is 2.36. The summed E-state index contributed by atoms with van der Waals surface area (Å²) in [6, 6.07) is 12.9. The van der Waals surface area contributed by atoms with E-state index >= 15 is 0 Å². The maximum atomic E-state index is 13.4. The van der Waals surface area contributed by atoms with Crippen LogP contribution in [0.15, 0.2) is 42.5 Å². The van der Waals surface area contributed by atoms with Crippen LogP contribution in [0, 0.1) is 27.4 Å². The van der Waals surface area contributed by atoms with Gasteiger partial charge in [-0.2, -0.15) is 5.26 Å². The second-order valence-electron chi connectivity index (χ2n) is 9.35. The zero-order valence-corrected chi connectivity index (χ0v) is 20.3. The van der Waals surface area contributed by atoms with E-state index in [4.69, 9.17) is 11.6 Å². The predicted octanol–water partition coefficient (Wildman–Crippen LogP) is 3.71. The Labute approximate surface area is 208 Å². The molecule has 0 aromatic heterocycles. The van der Waals surface area contributed by atoms with E-state index in [0.29, 0.717) is 38.0 Å². The quantitative estimate of drug-likeness (QED) is 0.498. The van der Waals surface area contributed by atoms with E-state index in [1.165, 1.54) is 18.2 Å². The SMILES string of the molecule is CC(C)C1NC2(CCN(C(=O)c3ccc([N+](=O)[O-])cc3Cl)CC2)N(Cc2cccc(C#N)c2)C1=O. The number of nitro benzene ring substituents is 1. The largest absolute Gasteiger partial charge is 0.338 e. The number of non-ortho nitro benzene ring substituents is 1. The first-order chi connectivity index (χ1) is 16.6. The van der Waals surface area contributed by atoms with Gasteiger partial charge in [-0.25, -0.2) is 0 Å². The lowest BCUT2D eigenvalue weighted by atomic mass is 9.94. The number of carbonyl (C=O) groups is 2. The molecule has 0 bridgehead atoms. The molecule has 10 heteroatoms. The number of halogens is 1. The Morgan fingerprint density at radius 1 is 1.29 bits per heavy atom. The molecule has 1 atom stereocenters. The van der Waals surface area contributed by atoms with Gasteiger partial charge >= 0.3 is 0 Å². The third-order valence-corrected chi connectivity index (χ3v) is 7.12. The summed E-state index contributed by atoms with van der Waals surface area (Å²) < 4.78 is 0. The molecule has 2 heterocycles. The number of nitrogens with zero attached hydrogens (tertiary/aromatic N) is 4. The maximum Gasteiger partial charge on any atom is 0.270 e. The number of piperidine rings is 1. The Morgan fingerprint density at radius 3 is 2.60 bits per heavy atom. The highest BCUT2D eigenvalue weighted by molar-refractivity contribution is 6.34. The van der Waals surface area contributed by atoms with Gasteiger partial charge in [0.25, 0.3) is 11.6 Å². The van der Waals surface area contributed by atoms with Gasteiger partial charge in [-0.15, -0.1) is 0 Å². The van der Waals surface area contributed by atoms with Gasteiger partial charge in [-0.3, -0.25) is 25.0 Å². The number of nitro groups is 1. The minimum atomic E-state index is -0.606. The van der Waals surface area contributed by atoms with E-state index in [1.807, 2.05) is 30.9 Å².